The highest BCUT2D eigenvalue weighted by Gasteiger charge is 2.22. The van der Waals surface area contributed by atoms with Crippen molar-refractivity contribution >= 4 is 21.3 Å². The Labute approximate surface area is 95.2 Å². The Hall–Kier alpha value is -1.30. The van der Waals surface area contributed by atoms with Crippen LogP contribution in [0.4, 0.5) is 11.5 Å². The first-order valence-electron chi connectivity index (χ1n) is 5.15. The monoisotopic (exact) mass is 241 g/mol. The second kappa shape index (κ2) is 3.93. The Morgan fingerprint density at radius 2 is 2.00 bits per heavy atom. The summed E-state index contributed by atoms with van der Waals surface area (Å²) < 4.78 is 22.6. The molecule has 1 aliphatic rings. The summed E-state index contributed by atoms with van der Waals surface area (Å²) in [4.78, 5) is 6.08. The van der Waals surface area contributed by atoms with Gasteiger partial charge in [0.15, 0.2) is 9.84 Å². The molecule has 2 N–H and O–H groups in total. The Balaban J connectivity index is 2.20. The highest BCUT2D eigenvalue weighted by Crippen LogP contribution is 2.21. The highest BCUT2D eigenvalue weighted by atomic mass is 32.2. The zero-order valence-corrected chi connectivity index (χ0v) is 10.00. The number of hydrogen-bond donors (Lipinski definition) is 1. The Morgan fingerprint density at radius 3 is 2.56 bits per heavy atom. The minimum Gasteiger partial charge on any atom is -0.384 e. The van der Waals surface area contributed by atoms with Gasteiger partial charge < -0.3 is 10.6 Å². The first kappa shape index (κ1) is 11.2. The molecule has 1 aliphatic heterocycles. The molecule has 5 nitrogen and oxygen atoms in total. The summed E-state index contributed by atoms with van der Waals surface area (Å²) in [5.41, 5.74) is 7.58. The maximum absolute atomic E-state index is 11.3. The zero-order valence-electron chi connectivity index (χ0n) is 9.18. The number of nitrogens with zero attached hydrogens (tertiary/aromatic N) is 2. The van der Waals surface area contributed by atoms with Crippen molar-refractivity contribution in [2.75, 3.05) is 35.2 Å². The summed E-state index contributed by atoms with van der Waals surface area (Å²) in [6.45, 7) is 3.03. The van der Waals surface area contributed by atoms with Crippen LogP contribution in [0.2, 0.25) is 0 Å². The molecule has 0 spiro atoms. The molecule has 0 bridgehead atoms. The zero-order chi connectivity index (χ0) is 11.8. The molecule has 0 atom stereocenters. The molecule has 0 saturated carbocycles. The van der Waals surface area contributed by atoms with Crippen LogP contribution in [-0.2, 0) is 9.84 Å². The van der Waals surface area contributed by atoms with Gasteiger partial charge in [0.05, 0.1) is 23.4 Å². The summed E-state index contributed by atoms with van der Waals surface area (Å²) in [5.74, 6) is 0.930. The molecule has 6 heteroatoms. The first-order chi connectivity index (χ1) is 7.48. The van der Waals surface area contributed by atoms with E-state index in [1.54, 1.807) is 12.3 Å². The lowest BCUT2D eigenvalue weighted by Crippen LogP contribution is -2.40. The van der Waals surface area contributed by atoms with E-state index in [9.17, 15) is 8.42 Å². The van der Waals surface area contributed by atoms with Crippen molar-refractivity contribution in [3.63, 3.8) is 0 Å². The van der Waals surface area contributed by atoms with Crippen molar-refractivity contribution in [1.82, 2.24) is 4.98 Å². The van der Waals surface area contributed by atoms with E-state index in [0.29, 0.717) is 18.9 Å². The van der Waals surface area contributed by atoms with Crippen LogP contribution in [0.25, 0.3) is 0 Å². The second-order valence-corrected chi connectivity index (χ2v) is 6.34. The third-order valence-corrected chi connectivity index (χ3v) is 4.40. The molecule has 88 valence electrons. The molecule has 0 unspecified atom stereocenters. The molecule has 16 heavy (non-hydrogen) atoms. The average Bonchev–Trinajstić information content (AvgIpc) is 2.19. The number of aryl methyl sites for hydroxylation is 1. The van der Waals surface area contributed by atoms with Crippen LogP contribution >= 0.6 is 0 Å². The quantitative estimate of drug-likeness (QED) is 0.760. The van der Waals surface area contributed by atoms with Gasteiger partial charge in [0, 0.05) is 13.1 Å². The summed E-state index contributed by atoms with van der Waals surface area (Å²) in [6.07, 6.45) is 1.71. The number of aromatic nitrogens is 1. The lowest BCUT2D eigenvalue weighted by Gasteiger charge is -2.29. The van der Waals surface area contributed by atoms with Gasteiger partial charge >= 0.3 is 0 Å². The second-order valence-electron chi connectivity index (χ2n) is 4.03. The molecule has 2 rings (SSSR count). The fourth-order valence-electron chi connectivity index (χ4n) is 1.85. The Bertz CT molecular complexity index is 485. The van der Waals surface area contributed by atoms with Crippen LogP contribution in [-0.4, -0.2) is 38.0 Å². The van der Waals surface area contributed by atoms with Crippen LogP contribution in [0.15, 0.2) is 12.3 Å². The van der Waals surface area contributed by atoms with E-state index in [1.807, 2.05) is 11.8 Å². The number of nitrogens with two attached hydrogens (primary N) is 1. The molecule has 1 fully saturated rings. The van der Waals surface area contributed by atoms with Crippen molar-refractivity contribution < 1.29 is 8.42 Å². The number of pyridine rings is 1. The van der Waals surface area contributed by atoms with Crippen LogP contribution in [0, 0.1) is 6.92 Å². The van der Waals surface area contributed by atoms with Crippen LogP contribution in [0.5, 0.6) is 0 Å². The summed E-state index contributed by atoms with van der Waals surface area (Å²) in [7, 11) is -2.83. The fourth-order valence-corrected chi connectivity index (χ4v) is 3.06. The summed E-state index contributed by atoms with van der Waals surface area (Å²) in [6, 6.07) is 1.80. The van der Waals surface area contributed by atoms with Gasteiger partial charge in [0.1, 0.15) is 5.82 Å². The van der Waals surface area contributed by atoms with E-state index in [2.05, 4.69) is 4.98 Å². The van der Waals surface area contributed by atoms with E-state index in [0.717, 1.165) is 11.3 Å². The standard InChI is InChI=1S/C10H15N3O2S/c1-8-6-10(11)12-7-9(8)13-2-4-16(14,15)5-3-13/h6-7H,2-5H2,1H3,(H2,11,12). The van der Waals surface area contributed by atoms with E-state index in [4.69, 9.17) is 5.73 Å². The third kappa shape index (κ3) is 2.27. The van der Waals surface area contributed by atoms with E-state index in [1.165, 1.54) is 0 Å². The SMILES string of the molecule is Cc1cc(N)ncc1N1CCS(=O)(=O)CC1. The van der Waals surface area contributed by atoms with E-state index in [-0.39, 0.29) is 11.5 Å². The molecule has 1 aromatic rings. The minimum atomic E-state index is -2.83. The smallest absolute Gasteiger partial charge is 0.153 e. The van der Waals surface area contributed by atoms with Crippen molar-refractivity contribution in [1.29, 1.82) is 0 Å². The first-order valence-corrected chi connectivity index (χ1v) is 6.97. The van der Waals surface area contributed by atoms with Gasteiger partial charge in [-0.3, -0.25) is 0 Å². The van der Waals surface area contributed by atoms with Crippen LogP contribution < -0.4 is 10.6 Å². The maximum atomic E-state index is 11.3. The summed E-state index contributed by atoms with van der Waals surface area (Å²) >= 11 is 0. The molecule has 0 radical (unpaired) electrons. The molecular formula is C10H15N3O2S. The van der Waals surface area contributed by atoms with Gasteiger partial charge in [0.25, 0.3) is 0 Å². The Morgan fingerprint density at radius 1 is 1.38 bits per heavy atom. The molecular weight excluding hydrogens is 226 g/mol. The normalized spacial score (nSPS) is 19.7. The lowest BCUT2D eigenvalue weighted by atomic mass is 10.2. The summed E-state index contributed by atoms with van der Waals surface area (Å²) in [5, 5.41) is 0. The van der Waals surface area contributed by atoms with Gasteiger partial charge in [-0.1, -0.05) is 0 Å². The van der Waals surface area contributed by atoms with Gasteiger partial charge in [-0.05, 0) is 18.6 Å². The highest BCUT2D eigenvalue weighted by molar-refractivity contribution is 7.91. The van der Waals surface area contributed by atoms with Crippen molar-refractivity contribution in [3.8, 4) is 0 Å². The maximum Gasteiger partial charge on any atom is 0.153 e. The number of anilines is 2. The van der Waals surface area contributed by atoms with Gasteiger partial charge in [0.2, 0.25) is 0 Å². The third-order valence-electron chi connectivity index (χ3n) is 2.79. The average molecular weight is 241 g/mol. The van der Waals surface area contributed by atoms with Crippen molar-refractivity contribution in [2.45, 2.75) is 6.92 Å². The van der Waals surface area contributed by atoms with Crippen LogP contribution in [0.3, 0.4) is 0 Å². The molecule has 1 saturated heterocycles. The predicted octanol–water partition coefficient (Wildman–Crippen LogP) is 0.207. The Kier molecular flexibility index (Phi) is 2.75. The molecule has 0 aromatic carbocycles. The number of rotatable bonds is 1. The number of hydrogen-bond acceptors (Lipinski definition) is 5. The lowest BCUT2D eigenvalue weighted by molar-refractivity contribution is 0.586. The number of nitrogen functional groups attached to an aromatic ring is 1. The number of sulfone groups is 1. The topological polar surface area (TPSA) is 76.3 Å². The minimum absolute atomic E-state index is 0.219. The predicted molar refractivity (Wildman–Crippen MR) is 64.3 cm³/mol. The van der Waals surface area contributed by atoms with Gasteiger partial charge in [-0.2, -0.15) is 0 Å². The van der Waals surface area contributed by atoms with Gasteiger partial charge in [-0.15, -0.1) is 0 Å². The van der Waals surface area contributed by atoms with Crippen molar-refractivity contribution in [2.24, 2.45) is 0 Å². The largest absolute Gasteiger partial charge is 0.384 e. The van der Waals surface area contributed by atoms with E-state index >= 15 is 0 Å². The fraction of sp³-hybridized carbons (Fsp3) is 0.500. The molecule has 1 aromatic heterocycles. The molecule has 2 heterocycles. The van der Waals surface area contributed by atoms with Gasteiger partial charge in [-0.25, -0.2) is 13.4 Å². The van der Waals surface area contributed by atoms with E-state index < -0.39 is 9.84 Å². The van der Waals surface area contributed by atoms with Crippen LogP contribution in [0.1, 0.15) is 5.56 Å². The van der Waals surface area contributed by atoms with Crippen molar-refractivity contribution in [3.05, 3.63) is 17.8 Å². The molecule has 0 amide bonds. The molecule has 0 aliphatic carbocycles.